The van der Waals surface area contributed by atoms with E-state index in [1.54, 1.807) is 35.0 Å². The minimum absolute atomic E-state index is 0.105. The Morgan fingerprint density at radius 2 is 2.05 bits per heavy atom. The number of aromatic nitrogens is 2. The van der Waals surface area contributed by atoms with E-state index < -0.39 is 0 Å². The van der Waals surface area contributed by atoms with Gasteiger partial charge in [-0.3, -0.25) is 14.3 Å². The van der Waals surface area contributed by atoms with Gasteiger partial charge in [0.15, 0.2) is 5.75 Å². The van der Waals surface area contributed by atoms with Gasteiger partial charge in [-0.25, -0.2) is 0 Å². The molecule has 0 atom stereocenters. The first-order chi connectivity index (χ1) is 10.7. The van der Waals surface area contributed by atoms with Crippen LogP contribution >= 0.6 is 23.2 Å². The molecule has 1 aliphatic rings. The van der Waals surface area contributed by atoms with Crippen molar-refractivity contribution in [2.24, 2.45) is 0 Å². The molecule has 0 amide bonds. The average molecular weight is 333 g/mol. The van der Waals surface area contributed by atoms with Crippen molar-refractivity contribution >= 4 is 34.2 Å². The number of halogens is 2. The van der Waals surface area contributed by atoms with Gasteiger partial charge < -0.3 is 4.74 Å². The molecule has 110 valence electrons. The van der Waals surface area contributed by atoms with Crippen LogP contribution in [0.1, 0.15) is 5.56 Å². The van der Waals surface area contributed by atoms with Gasteiger partial charge in [0.05, 0.1) is 33.4 Å². The summed E-state index contributed by atoms with van der Waals surface area (Å²) < 4.78 is 7.21. The Labute approximate surface area is 135 Å². The van der Waals surface area contributed by atoms with E-state index >= 15 is 0 Å². The number of rotatable bonds is 1. The summed E-state index contributed by atoms with van der Waals surface area (Å²) in [5.74, 6) is 0.594. The third-order valence-corrected chi connectivity index (χ3v) is 4.48. The number of nitrogens with zero attached hydrogens (tertiary/aromatic N) is 2. The van der Waals surface area contributed by atoms with Crippen molar-refractivity contribution in [1.82, 2.24) is 9.55 Å². The van der Waals surface area contributed by atoms with Crippen molar-refractivity contribution < 1.29 is 4.74 Å². The van der Waals surface area contributed by atoms with Crippen LogP contribution in [0.25, 0.3) is 16.7 Å². The standard InChI is InChI=1S/C16H10Cl2N2O2/c17-11-4-3-9(8-12(11)18)20-13-2-1-6-19-14(13)15-10(16(20)21)5-7-22-15/h1-4,6,8H,5,7H2. The van der Waals surface area contributed by atoms with Gasteiger partial charge in [-0.05, 0) is 30.3 Å². The van der Waals surface area contributed by atoms with Crippen molar-refractivity contribution in [1.29, 1.82) is 0 Å². The average Bonchev–Trinajstić information content (AvgIpc) is 3.01. The van der Waals surface area contributed by atoms with Crippen molar-refractivity contribution in [3.63, 3.8) is 0 Å². The van der Waals surface area contributed by atoms with Gasteiger partial charge in [0.1, 0.15) is 5.52 Å². The minimum atomic E-state index is -0.105. The fourth-order valence-corrected chi connectivity index (χ4v) is 3.04. The quantitative estimate of drug-likeness (QED) is 0.683. The van der Waals surface area contributed by atoms with Gasteiger partial charge in [0, 0.05) is 12.6 Å². The maximum Gasteiger partial charge on any atom is 0.262 e. The summed E-state index contributed by atoms with van der Waals surface area (Å²) in [6, 6.07) is 8.76. The number of hydrogen-bond acceptors (Lipinski definition) is 3. The Bertz CT molecular complexity index is 966. The van der Waals surface area contributed by atoms with Gasteiger partial charge in [-0.2, -0.15) is 0 Å². The number of fused-ring (bicyclic) bond motifs is 3. The van der Waals surface area contributed by atoms with Gasteiger partial charge in [0.2, 0.25) is 0 Å². The summed E-state index contributed by atoms with van der Waals surface area (Å²) in [6.07, 6.45) is 2.27. The first-order valence-corrected chi connectivity index (χ1v) is 7.53. The zero-order valence-corrected chi connectivity index (χ0v) is 12.9. The lowest BCUT2D eigenvalue weighted by molar-refractivity contribution is 0.359. The lowest BCUT2D eigenvalue weighted by atomic mass is 10.1. The molecule has 3 aromatic rings. The molecule has 4 nitrogen and oxygen atoms in total. The fraction of sp³-hybridized carbons (Fsp3) is 0.125. The Morgan fingerprint density at radius 1 is 1.18 bits per heavy atom. The van der Waals surface area contributed by atoms with E-state index in [4.69, 9.17) is 27.9 Å². The molecule has 0 radical (unpaired) electrons. The second-order valence-corrected chi connectivity index (χ2v) is 5.83. The third-order valence-electron chi connectivity index (χ3n) is 3.74. The highest BCUT2D eigenvalue weighted by Crippen LogP contribution is 2.32. The van der Waals surface area contributed by atoms with Crippen molar-refractivity contribution in [2.75, 3.05) is 6.61 Å². The summed E-state index contributed by atoms with van der Waals surface area (Å²) in [4.78, 5) is 17.2. The van der Waals surface area contributed by atoms with Crippen molar-refractivity contribution in [3.05, 3.63) is 62.5 Å². The molecule has 1 aliphatic heterocycles. The molecule has 22 heavy (non-hydrogen) atoms. The van der Waals surface area contributed by atoms with E-state index in [1.165, 1.54) is 0 Å². The summed E-state index contributed by atoms with van der Waals surface area (Å²) in [5, 5.41) is 0.852. The van der Waals surface area contributed by atoms with Crippen LogP contribution in [0.2, 0.25) is 10.0 Å². The van der Waals surface area contributed by atoms with Gasteiger partial charge in [-0.1, -0.05) is 23.2 Å². The Balaban J connectivity index is 2.14. The second kappa shape index (κ2) is 5.00. The zero-order valence-electron chi connectivity index (χ0n) is 11.3. The monoisotopic (exact) mass is 332 g/mol. The van der Waals surface area contributed by atoms with Crippen LogP contribution < -0.4 is 10.3 Å². The summed E-state index contributed by atoms with van der Waals surface area (Å²) in [6.45, 7) is 0.502. The molecule has 0 fully saturated rings. The third kappa shape index (κ3) is 1.91. The van der Waals surface area contributed by atoms with Crippen LogP contribution in [0.4, 0.5) is 0 Å². The molecule has 4 rings (SSSR count). The van der Waals surface area contributed by atoms with Crippen LogP contribution in [0.5, 0.6) is 5.75 Å². The molecule has 1 aromatic carbocycles. The smallest absolute Gasteiger partial charge is 0.262 e. The van der Waals surface area contributed by atoms with Crippen molar-refractivity contribution in [3.8, 4) is 11.4 Å². The van der Waals surface area contributed by atoms with Crippen LogP contribution in [-0.2, 0) is 6.42 Å². The maximum absolute atomic E-state index is 12.9. The maximum atomic E-state index is 12.9. The number of ether oxygens (including phenoxy) is 1. The van der Waals surface area contributed by atoms with Crippen molar-refractivity contribution in [2.45, 2.75) is 6.42 Å². The normalized spacial score (nSPS) is 13.2. The predicted molar refractivity (Wildman–Crippen MR) is 86.6 cm³/mol. The Kier molecular flexibility index (Phi) is 3.10. The van der Waals surface area contributed by atoms with E-state index in [-0.39, 0.29) is 5.56 Å². The van der Waals surface area contributed by atoms with Gasteiger partial charge in [0.25, 0.3) is 5.56 Å². The Morgan fingerprint density at radius 3 is 2.86 bits per heavy atom. The molecule has 0 saturated carbocycles. The minimum Gasteiger partial charge on any atom is -0.490 e. The molecule has 0 unspecified atom stereocenters. The topological polar surface area (TPSA) is 44.1 Å². The second-order valence-electron chi connectivity index (χ2n) is 5.02. The SMILES string of the molecule is O=c1c2c(c3ncccc3n1-c1ccc(Cl)c(Cl)c1)OCC2. The zero-order chi connectivity index (χ0) is 15.3. The van der Waals surface area contributed by atoms with Crippen LogP contribution in [0.15, 0.2) is 41.3 Å². The lowest BCUT2D eigenvalue weighted by Gasteiger charge is -2.13. The highest BCUT2D eigenvalue weighted by Gasteiger charge is 2.23. The highest BCUT2D eigenvalue weighted by atomic mass is 35.5. The summed E-state index contributed by atoms with van der Waals surface area (Å²) in [5.41, 5.74) is 2.57. The molecule has 0 aliphatic carbocycles. The molecular formula is C16H10Cl2N2O2. The van der Waals surface area contributed by atoms with E-state index in [0.717, 1.165) is 0 Å². The molecule has 0 saturated heterocycles. The number of hydrogen-bond donors (Lipinski definition) is 0. The van der Waals surface area contributed by atoms with Gasteiger partial charge in [-0.15, -0.1) is 0 Å². The first-order valence-electron chi connectivity index (χ1n) is 6.77. The van der Waals surface area contributed by atoms with Gasteiger partial charge >= 0.3 is 0 Å². The molecule has 6 heteroatoms. The van der Waals surface area contributed by atoms with E-state index in [9.17, 15) is 4.79 Å². The van der Waals surface area contributed by atoms with Crippen LogP contribution in [0.3, 0.4) is 0 Å². The summed E-state index contributed by atoms with van der Waals surface area (Å²) >= 11 is 12.1. The van der Waals surface area contributed by atoms with Crippen LogP contribution in [0, 0.1) is 0 Å². The summed E-state index contributed by atoms with van der Waals surface area (Å²) in [7, 11) is 0. The highest BCUT2D eigenvalue weighted by molar-refractivity contribution is 6.42. The van der Waals surface area contributed by atoms with E-state index in [2.05, 4.69) is 4.98 Å². The number of pyridine rings is 2. The predicted octanol–water partition coefficient (Wildman–Crippen LogP) is 3.63. The molecule has 0 spiro atoms. The molecule has 0 bridgehead atoms. The molecular weight excluding hydrogens is 323 g/mol. The van der Waals surface area contributed by atoms with E-state index in [0.29, 0.717) is 51.1 Å². The van der Waals surface area contributed by atoms with Crippen LogP contribution in [-0.4, -0.2) is 16.2 Å². The molecule has 2 aromatic heterocycles. The largest absolute Gasteiger partial charge is 0.490 e. The lowest BCUT2D eigenvalue weighted by Crippen LogP contribution is -2.22. The Hall–Kier alpha value is -2.04. The molecule has 0 N–H and O–H groups in total. The number of benzene rings is 1. The molecule has 3 heterocycles. The fourth-order valence-electron chi connectivity index (χ4n) is 2.75. The first kappa shape index (κ1) is 13.6. The van der Waals surface area contributed by atoms with E-state index in [1.807, 2.05) is 6.07 Å².